The van der Waals surface area contributed by atoms with E-state index in [1.54, 1.807) is 0 Å². The second-order valence-electron chi connectivity index (χ2n) is 10.0. The molecule has 4 aromatic rings. The largest absolute Gasteiger partial charge is 0.484 e. The van der Waals surface area contributed by atoms with Crippen LogP contribution in [0.15, 0.2) is 108 Å². The number of hydrogen-bond acceptors (Lipinski definition) is 6. The molecule has 45 heavy (non-hydrogen) atoms. The second kappa shape index (κ2) is 15.8. The Morgan fingerprint density at radius 3 is 2.07 bits per heavy atom. The molecule has 0 radical (unpaired) electrons. The van der Waals surface area contributed by atoms with Gasteiger partial charge in [0.25, 0.3) is 15.9 Å². The number of carbonyl (C=O) groups is 2. The number of hydrogen-bond donors (Lipinski definition) is 2. The van der Waals surface area contributed by atoms with Crippen molar-refractivity contribution in [1.29, 1.82) is 0 Å². The van der Waals surface area contributed by atoms with E-state index in [2.05, 4.69) is 10.0 Å². The fraction of sp³-hybridized carbons (Fsp3) is 0.212. The molecule has 0 aliphatic carbocycles. The molecular formula is C33H33F2N3O6S. The predicted octanol–water partition coefficient (Wildman–Crippen LogP) is 4.55. The highest BCUT2D eigenvalue weighted by molar-refractivity contribution is 7.92. The quantitative estimate of drug-likeness (QED) is 0.185. The Kier molecular flexibility index (Phi) is 11.6. The Labute approximate surface area is 260 Å². The molecule has 12 heteroatoms. The van der Waals surface area contributed by atoms with Crippen LogP contribution in [0.3, 0.4) is 0 Å². The Bertz CT molecular complexity index is 1650. The number of anilines is 1. The number of carbonyl (C=O) groups excluding carboxylic acids is 2. The molecule has 2 amide bonds. The van der Waals surface area contributed by atoms with Crippen LogP contribution in [0.5, 0.6) is 5.75 Å². The van der Waals surface area contributed by atoms with Gasteiger partial charge in [0.15, 0.2) is 6.61 Å². The molecule has 1 atom stereocenters. The standard InChI is InChI=1S/C33H33F2N3O6S/c1-43-20-19-36-33(40)31(21-24-5-3-2-4-6-24)38(22-25-7-9-26(34)10-8-25)32(39)23-44-29-15-17-30(18-16-29)45(41,42)37-28-13-11-27(35)12-14-28/h2-18,31,37H,19-23H2,1H3,(H,36,40). The zero-order valence-electron chi connectivity index (χ0n) is 24.5. The third-order valence-electron chi connectivity index (χ3n) is 6.74. The first-order valence-corrected chi connectivity index (χ1v) is 15.5. The highest BCUT2D eigenvalue weighted by Crippen LogP contribution is 2.21. The summed E-state index contributed by atoms with van der Waals surface area (Å²) in [5, 5.41) is 2.81. The van der Waals surface area contributed by atoms with E-state index >= 15 is 0 Å². The van der Waals surface area contributed by atoms with Gasteiger partial charge in [-0.05, 0) is 71.8 Å². The van der Waals surface area contributed by atoms with Crippen LogP contribution in [-0.2, 0) is 37.3 Å². The van der Waals surface area contributed by atoms with Crippen molar-refractivity contribution in [3.8, 4) is 5.75 Å². The van der Waals surface area contributed by atoms with Crippen LogP contribution in [0.2, 0.25) is 0 Å². The average Bonchev–Trinajstić information content (AvgIpc) is 3.04. The first-order valence-electron chi connectivity index (χ1n) is 14.0. The summed E-state index contributed by atoms with van der Waals surface area (Å²) in [5.41, 5.74) is 1.63. The van der Waals surface area contributed by atoms with Gasteiger partial charge in [-0.3, -0.25) is 14.3 Å². The van der Waals surface area contributed by atoms with E-state index in [0.29, 0.717) is 5.56 Å². The summed E-state index contributed by atoms with van der Waals surface area (Å²) < 4.78 is 65.5. The van der Waals surface area contributed by atoms with Crippen molar-refractivity contribution >= 4 is 27.5 Å². The molecule has 0 aliphatic heterocycles. The van der Waals surface area contributed by atoms with E-state index in [9.17, 15) is 26.8 Å². The van der Waals surface area contributed by atoms with Gasteiger partial charge in [-0.15, -0.1) is 0 Å². The molecule has 1 unspecified atom stereocenters. The van der Waals surface area contributed by atoms with E-state index in [1.807, 2.05) is 30.3 Å². The molecule has 0 spiro atoms. The lowest BCUT2D eigenvalue weighted by molar-refractivity contribution is -0.142. The number of sulfonamides is 1. The van der Waals surface area contributed by atoms with Gasteiger partial charge in [0.2, 0.25) is 5.91 Å². The number of ether oxygens (including phenoxy) is 2. The van der Waals surface area contributed by atoms with Gasteiger partial charge in [0.05, 0.1) is 11.5 Å². The Morgan fingerprint density at radius 1 is 0.822 bits per heavy atom. The summed E-state index contributed by atoms with van der Waals surface area (Å²) in [6, 6.07) is 24.2. The molecule has 0 saturated heterocycles. The maximum absolute atomic E-state index is 13.7. The minimum Gasteiger partial charge on any atom is -0.484 e. The van der Waals surface area contributed by atoms with Gasteiger partial charge in [-0.1, -0.05) is 42.5 Å². The second-order valence-corrected chi connectivity index (χ2v) is 11.7. The van der Waals surface area contributed by atoms with Crippen LogP contribution in [-0.4, -0.2) is 58.0 Å². The van der Waals surface area contributed by atoms with E-state index in [-0.39, 0.29) is 42.4 Å². The van der Waals surface area contributed by atoms with Crippen molar-refractivity contribution in [1.82, 2.24) is 10.2 Å². The zero-order valence-corrected chi connectivity index (χ0v) is 25.3. The fourth-order valence-electron chi connectivity index (χ4n) is 4.41. The maximum atomic E-state index is 13.7. The molecule has 0 saturated carbocycles. The lowest BCUT2D eigenvalue weighted by atomic mass is 10.0. The normalized spacial score (nSPS) is 11.8. The fourth-order valence-corrected chi connectivity index (χ4v) is 5.47. The molecule has 0 fully saturated rings. The SMILES string of the molecule is COCCNC(=O)C(Cc1ccccc1)N(Cc1ccc(F)cc1)C(=O)COc1ccc(S(=O)(=O)Nc2ccc(F)cc2)cc1. The Morgan fingerprint density at radius 2 is 1.44 bits per heavy atom. The zero-order chi connectivity index (χ0) is 32.2. The molecule has 4 rings (SSSR count). The highest BCUT2D eigenvalue weighted by atomic mass is 32.2. The van der Waals surface area contributed by atoms with Gasteiger partial charge in [-0.2, -0.15) is 0 Å². The van der Waals surface area contributed by atoms with Crippen molar-refractivity contribution in [3.05, 3.63) is 126 Å². The molecule has 0 heterocycles. The van der Waals surface area contributed by atoms with Crippen LogP contribution < -0.4 is 14.8 Å². The summed E-state index contributed by atoms with van der Waals surface area (Å²) >= 11 is 0. The Hall–Kier alpha value is -4.81. The van der Waals surface area contributed by atoms with Crippen LogP contribution >= 0.6 is 0 Å². The molecular weight excluding hydrogens is 604 g/mol. The minimum atomic E-state index is -3.97. The van der Waals surface area contributed by atoms with Crippen molar-refractivity contribution in [2.24, 2.45) is 0 Å². The summed E-state index contributed by atoms with van der Waals surface area (Å²) in [5.74, 6) is -1.62. The Balaban J connectivity index is 1.52. The highest BCUT2D eigenvalue weighted by Gasteiger charge is 2.30. The predicted molar refractivity (Wildman–Crippen MR) is 165 cm³/mol. The summed E-state index contributed by atoms with van der Waals surface area (Å²) in [4.78, 5) is 28.4. The van der Waals surface area contributed by atoms with Crippen molar-refractivity contribution in [2.45, 2.75) is 23.9 Å². The number of nitrogens with one attached hydrogen (secondary N) is 2. The lowest BCUT2D eigenvalue weighted by Gasteiger charge is -2.31. The smallest absolute Gasteiger partial charge is 0.261 e. The average molecular weight is 638 g/mol. The van der Waals surface area contributed by atoms with E-state index in [4.69, 9.17) is 9.47 Å². The van der Waals surface area contributed by atoms with Crippen LogP contribution in [0.25, 0.3) is 0 Å². The molecule has 2 N–H and O–H groups in total. The summed E-state index contributed by atoms with van der Waals surface area (Å²) in [6.45, 7) is 0.0621. The van der Waals surface area contributed by atoms with Gasteiger partial charge < -0.3 is 19.7 Å². The van der Waals surface area contributed by atoms with Gasteiger partial charge in [0.1, 0.15) is 23.4 Å². The van der Waals surface area contributed by atoms with Gasteiger partial charge in [0, 0.05) is 32.3 Å². The number of nitrogens with zero attached hydrogens (tertiary/aromatic N) is 1. The van der Waals surface area contributed by atoms with Gasteiger partial charge >= 0.3 is 0 Å². The molecule has 0 bridgehead atoms. The number of amides is 2. The summed E-state index contributed by atoms with van der Waals surface area (Å²) in [6.07, 6.45) is 0.209. The molecule has 4 aromatic carbocycles. The topological polar surface area (TPSA) is 114 Å². The summed E-state index contributed by atoms with van der Waals surface area (Å²) in [7, 11) is -2.46. The number of benzene rings is 4. The first-order chi connectivity index (χ1) is 21.6. The van der Waals surface area contributed by atoms with E-state index in [1.165, 1.54) is 72.7 Å². The van der Waals surface area contributed by atoms with E-state index < -0.39 is 46.1 Å². The van der Waals surface area contributed by atoms with Crippen LogP contribution in [0, 0.1) is 11.6 Å². The molecule has 236 valence electrons. The molecule has 0 aliphatic rings. The minimum absolute atomic E-state index is 0.00388. The van der Waals surface area contributed by atoms with Crippen molar-refractivity contribution < 1.29 is 36.3 Å². The molecule has 9 nitrogen and oxygen atoms in total. The third kappa shape index (κ3) is 9.85. The number of rotatable bonds is 15. The van der Waals surface area contributed by atoms with Gasteiger partial charge in [-0.25, -0.2) is 17.2 Å². The third-order valence-corrected chi connectivity index (χ3v) is 8.13. The van der Waals surface area contributed by atoms with Crippen LogP contribution in [0.1, 0.15) is 11.1 Å². The molecule has 0 aromatic heterocycles. The van der Waals surface area contributed by atoms with Crippen molar-refractivity contribution in [2.75, 3.05) is 31.6 Å². The maximum Gasteiger partial charge on any atom is 0.261 e. The van der Waals surface area contributed by atoms with E-state index in [0.717, 1.165) is 17.7 Å². The van der Waals surface area contributed by atoms with Crippen LogP contribution in [0.4, 0.5) is 14.5 Å². The monoisotopic (exact) mass is 637 g/mol. The van der Waals surface area contributed by atoms with Crippen molar-refractivity contribution in [3.63, 3.8) is 0 Å². The number of methoxy groups -OCH3 is 1. The lowest BCUT2D eigenvalue weighted by Crippen LogP contribution is -2.52. The number of halogens is 2. The first kappa shape index (κ1) is 33.1.